The minimum atomic E-state index is -3.74. The number of nitrogens with zero attached hydrogens (tertiary/aromatic N) is 1. The smallest absolute Gasteiger partial charge is 0.243 e. The Morgan fingerprint density at radius 2 is 1.95 bits per heavy atom. The van der Waals surface area contributed by atoms with Crippen LogP contribution in [0.1, 0.15) is 38.2 Å². The van der Waals surface area contributed by atoms with E-state index in [0.29, 0.717) is 18.7 Å². The van der Waals surface area contributed by atoms with Gasteiger partial charge in [0, 0.05) is 18.6 Å². The second-order valence-electron chi connectivity index (χ2n) is 5.72. The van der Waals surface area contributed by atoms with Crippen LogP contribution in [0.5, 0.6) is 0 Å². The number of rotatable bonds is 5. The largest absolute Gasteiger partial charge is 0.329 e. The number of hydrogen-bond donors (Lipinski definition) is 1. The first-order chi connectivity index (χ1) is 9.87. The first-order valence-corrected chi connectivity index (χ1v) is 8.80. The molecule has 0 atom stereocenters. The minimum absolute atomic E-state index is 0.0454. The zero-order valence-corrected chi connectivity index (χ0v) is 13.4. The first kappa shape index (κ1) is 16.4. The van der Waals surface area contributed by atoms with E-state index < -0.39 is 21.4 Å². The van der Waals surface area contributed by atoms with Crippen LogP contribution < -0.4 is 5.73 Å². The maximum absolute atomic E-state index is 13.5. The van der Waals surface area contributed by atoms with Crippen molar-refractivity contribution in [2.24, 2.45) is 5.73 Å². The lowest BCUT2D eigenvalue weighted by molar-refractivity contribution is 0.205. The van der Waals surface area contributed by atoms with Gasteiger partial charge in [0.2, 0.25) is 10.0 Å². The highest BCUT2D eigenvalue weighted by atomic mass is 32.2. The van der Waals surface area contributed by atoms with Gasteiger partial charge in [-0.3, -0.25) is 0 Å². The van der Waals surface area contributed by atoms with E-state index in [-0.39, 0.29) is 4.90 Å². The normalized spacial score (nSPS) is 18.3. The SMILES string of the molecule is CCN(C1(CN)CCCC1)S(=O)(=O)c1cc(F)ccc1C. The summed E-state index contributed by atoms with van der Waals surface area (Å²) in [5.74, 6) is -0.538. The molecule has 21 heavy (non-hydrogen) atoms. The third-order valence-electron chi connectivity index (χ3n) is 4.45. The van der Waals surface area contributed by atoms with Gasteiger partial charge >= 0.3 is 0 Å². The van der Waals surface area contributed by atoms with E-state index in [1.165, 1.54) is 16.4 Å². The average Bonchev–Trinajstić information content (AvgIpc) is 2.91. The Balaban J connectivity index is 2.52. The molecule has 1 fully saturated rings. The Bertz CT molecular complexity index is 610. The second-order valence-corrected chi connectivity index (χ2v) is 7.55. The maximum Gasteiger partial charge on any atom is 0.243 e. The monoisotopic (exact) mass is 314 g/mol. The molecule has 1 aliphatic carbocycles. The lowest BCUT2D eigenvalue weighted by Gasteiger charge is -2.39. The van der Waals surface area contributed by atoms with Crippen molar-refractivity contribution in [1.29, 1.82) is 0 Å². The van der Waals surface area contributed by atoms with Crippen molar-refractivity contribution in [3.8, 4) is 0 Å². The molecule has 6 heteroatoms. The lowest BCUT2D eigenvalue weighted by atomic mass is 9.98. The Labute approximate surface area is 126 Å². The highest BCUT2D eigenvalue weighted by Crippen LogP contribution is 2.38. The second kappa shape index (κ2) is 6.02. The molecular weight excluding hydrogens is 291 g/mol. The van der Waals surface area contributed by atoms with Crippen molar-refractivity contribution in [3.63, 3.8) is 0 Å². The van der Waals surface area contributed by atoms with Crippen molar-refractivity contribution in [3.05, 3.63) is 29.6 Å². The molecule has 1 aromatic rings. The van der Waals surface area contributed by atoms with Crippen LogP contribution in [0, 0.1) is 12.7 Å². The molecule has 0 spiro atoms. The van der Waals surface area contributed by atoms with Gasteiger partial charge in [0.05, 0.1) is 4.90 Å². The third kappa shape index (κ3) is 2.84. The van der Waals surface area contributed by atoms with Gasteiger partial charge in [-0.1, -0.05) is 25.8 Å². The number of nitrogens with two attached hydrogens (primary N) is 1. The van der Waals surface area contributed by atoms with Crippen molar-refractivity contribution in [2.45, 2.75) is 50.0 Å². The van der Waals surface area contributed by atoms with Crippen LogP contribution in [0.25, 0.3) is 0 Å². The highest BCUT2D eigenvalue weighted by Gasteiger charge is 2.44. The molecule has 4 nitrogen and oxygen atoms in total. The standard InChI is InChI=1S/C15H23FN2O2S/c1-3-18(15(11-17)8-4-5-9-15)21(19,20)14-10-13(16)7-6-12(14)2/h6-7,10H,3-5,8-9,11,17H2,1-2H3. The summed E-state index contributed by atoms with van der Waals surface area (Å²) >= 11 is 0. The van der Waals surface area contributed by atoms with Crippen LogP contribution in [0.4, 0.5) is 4.39 Å². The van der Waals surface area contributed by atoms with E-state index in [0.717, 1.165) is 31.7 Å². The quantitative estimate of drug-likeness (QED) is 0.908. The fourth-order valence-electron chi connectivity index (χ4n) is 3.32. The summed E-state index contributed by atoms with van der Waals surface area (Å²) in [7, 11) is -3.74. The average molecular weight is 314 g/mol. The molecule has 0 amide bonds. The molecule has 1 aliphatic rings. The number of aryl methyl sites for hydroxylation is 1. The molecule has 2 rings (SSSR count). The number of sulfonamides is 1. The van der Waals surface area contributed by atoms with Gasteiger partial charge in [-0.15, -0.1) is 0 Å². The van der Waals surface area contributed by atoms with Crippen LogP contribution >= 0.6 is 0 Å². The maximum atomic E-state index is 13.5. The topological polar surface area (TPSA) is 63.4 Å². The van der Waals surface area contributed by atoms with Gasteiger partial charge < -0.3 is 5.73 Å². The summed E-state index contributed by atoms with van der Waals surface area (Å²) < 4.78 is 41.0. The van der Waals surface area contributed by atoms with Gasteiger partial charge in [0.1, 0.15) is 5.82 Å². The molecule has 0 heterocycles. The molecule has 0 bridgehead atoms. The molecule has 0 radical (unpaired) electrons. The third-order valence-corrected chi connectivity index (χ3v) is 6.67. The summed E-state index contributed by atoms with van der Waals surface area (Å²) in [4.78, 5) is 0.0454. The molecular formula is C15H23FN2O2S. The molecule has 1 saturated carbocycles. The zero-order chi connectivity index (χ0) is 15.7. The molecule has 0 aromatic heterocycles. The summed E-state index contributed by atoms with van der Waals surface area (Å²) in [5, 5.41) is 0. The van der Waals surface area contributed by atoms with Crippen molar-refractivity contribution < 1.29 is 12.8 Å². The number of hydrogen-bond acceptors (Lipinski definition) is 3. The van der Waals surface area contributed by atoms with E-state index >= 15 is 0 Å². The van der Waals surface area contributed by atoms with Gasteiger partial charge in [0.15, 0.2) is 0 Å². The predicted octanol–water partition coefficient (Wildman–Crippen LogP) is 2.42. The summed E-state index contributed by atoms with van der Waals surface area (Å²) in [6, 6.07) is 3.88. The predicted molar refractivity (Wildman–Crippen MR) is 81.0 cm³/mol. The Hall–Kier alpha value is -0.980. The Morgan fingerprint density at radius 1 is 1.33 bits per heavy atom. The van der Waals surface area contributed by atoms with Gasteiger partial charge in [-0.2, -0.15) is 4.31 Å². The summed E-state index contributed by atoms with van der Waals surface area (Å²) in [5.41, 5.74) is 5.94. The van der Waals surface area contributed by atoms with Crippen LogP contribution in [-0.4, -0.2) is 31.4 Å². The first-order valence-electron chi connectivity index (χ1n) is 7.36. The van der Waals surface area contributed by atoms with Gasteiger partial charge in [0.25, 0.3) is 0 Å². The molecule has 2 N–H and O–H groups in total. The number of benzene rings is 1. The molecule has 0 saturated heterocycles. The highest BCUT2D eigenvalue weighted by molar-refractivity contribution is 7.89. The van der Waals surface area contributed by atoms with Gasteiger partial charge in [-0.05, 0) is 37.5 Å². The summed E-state index contributed by atoms with van der Waals surface area (Å²) in [6.07, 6.45) is 3.49. The van der Waals surface area contributed by atoms with E-state index in [1.807, 2.05) is 6.92 Å². The van der Waals surface area contributed by atoms with Crippen molar-refractivity contribution in [2.75, 3.05) is 13.1 Å². The van der Waals surface area contributed by atoms with Crippen LogP contribution in [0.3, 0.4) is 0 Å². The van der Waals surface area contributed by atoms with Gasteiger partial charge in [-0.25, -0.2) is 12.8 Å². The minimum Gasteiger partial charge on any atom is -0.329 e. The van der Waals surface area contributed by atoms with E-state index in [9.17, 15) is 12.8 Å². The number of halogens is 1. The fourth-order valence-corrected chi connectivity index (χ4v) is 5.40. The Morgan fingerprint density at radius 3 is 2.48 bits per heavy atom. The van der Waals surface area contributed by atoms with E-state index in [1.54, 1.807) is 6.92 Å². The van der Waals surface area contributed by atoms with Crippen LogP contribution in [0.2, 0.25) is 0 Å². The van der Waals surface area contributed by atoms with Crippen LogP contribution in [0.15, 0.2) is 23.1 Å². The van der Waals surface area contributed by atoms with E-state index in [2.05, 4.69) is 0 Å². The number of likely N-dealkylation sites (N-methyl/N-ethyl adjacent to an activating group) is 1. The molecule has 0 unspecified atom stereocenters. The van der Waals surface area contributed by atoms with Crippen molar-refractivity contribution in [1.82, 2.24) is 4.31 Å². The fraction of sp³-hybridized carbons (Fsp3) is 0.600. The van der Waals surface area contributed by atoms with E-state index in [4.69, 9.17) is 5.73 Å². The zero-order valence-electron chi connectivity index (χ0n) is 12.6. The lowest BCUT2D eigenvalue weighted by Crippen LogP contribution is -2.54. The molecule has 118 valence electrons. The molecule has 0 aliphatic heterocycles. The van der Waals surface area contributed by atoms with Crippen LogP contribution in [-0.2, 0) is 10.0 Å². The summed E-state index contributed by atoms with van der Waals surface area (Å²) in [6.45, 7) is 4.13. The Kier molecular flexibility index (Phi) is 4.70. The molecule has 1 aromatic carbocycles. The van der Waals surface area contributed by atoms with Crippen molar-refractivity contribution >= 4 is 10.0 Å².